The summed E-state index contributed by atoms with van der Waals surface area (Å²) in [6.45, 7) is 2.16. The summed E-state index contributed by atoms with van der Waals surface area (Å²) in [6, 6.07) is 25.5. The van der Waals surface area contributed by atoms with E-state index in [-0.39, 0.29) is 5.78 Å². The maximum absolute atomic E-state index is 13.6. The van der Waals surface area contributed by atoms with Crippen molar-refractivity contribution < 1.29 is 9.90 Å². The van der Waals surface area contributed by atoms with E-state index in [9.17, 15) is 9.90 Å². The summed E-state index contributed by atoms with van der Waals surface area (Å²) in [7, 11) is 0. The van der Waals surface area contributed by atoms with Crippen molar-refractivity contribution in [3.05, 3.63) is 104 Å². The molecule has 2 atom stereocenters. The number of rotatable bonds is 6. The van der Waals surface area contributed by atoms with E-state index in [4.69, 9.17) is 0 Å². The van der Waals surface area contributed by atoms with Gasteiger partial charge in [-0.25, -0.2) is 0 Å². The lowest BCUT2D eigenvalue weighted by Crippen LogP contribution is -2.53. The smallest absolute Gasteiger partial charge is 0.170 e. The van der Waals surface area contributed by atoms with Crippen LogP contribution in [0.3, 0.4) is 0 Å². The number of hydrogen-bond donors (Lipinski definition) is 1. The summed E-state index contributed by atoms with van der Waals surface area (Å²) in [6.07, 6.45) is 1.45. The van der Waals surface area contributed by atoms with Gasteiger partial charge in [-0.2, -0.15) is 0 Å². The standard InChI is InChI=1S/C26H25Br2NO2/c27-22-10-6-20(7-11-22)25(30)24-18-29(16-14-19-4-2-1-3-5-19)17-15-26(24,31)21-8-12-23(28)13-9-21/h1-13,24,31H,14-18H2. The van der Waals surface area contributed by atoms with Crippen LogP contribution in [0.15, 0.2) is 87.8 Å². The molecule has 1 heterocycles. The molecule has 160 valence electrons. The van der Waals surface area contributed by atoms with Crippen LogP contribution in [0.5, 0.6) is 0 Å². The lowest BCUT2D eigenvalue weighted by Gasteiger charge is -2.44. The van der Waals surface area contributed by atoms with Crippen LogP contribution < -0.4 is 0 Å². The van der Waals surface area contributed by atoms with Crippen LogP contribution in [-0.4, -0.2) is 35.4 Å². The first-order valence-electron chi connectivity index (χ1n) is 10.5. The molecule has 1 N–H and O–H groups in total. The molecule has 0 spiro atoms. The summed E-state index contributed by atoms with van der Waals surface area (Å²) in [4.78, 5) is 15.9. The van der Waals surface area contributed by atoms with E-state index in [1.54, 1.807) is 0 Å². The van der Waals surface area contributed by atoms with Crippen LogP contribution in [0.2, 0.25) is 0 Å². The molecule has 3 nitrogen and oxygen atoms in total. The van der Waals surface area contributed by atoms with E-state index >= 15 is 0 Å². The zero-order valence-corrected chi connectivity index (χ0v) is 20.3. The minimum Gasteiger partial charge on any atom is -0.384 e. The number of ketones is 1. The van der Waals surface area contributed by atoms with Crippen LogP contribution in [0.1, 0.15) is 27.9 Å². The van der Waals surface area contributed by atoms with Crippen molar-refractivity contribution in [2.24, 2.45) is 5.92 Å². The van der Waals surface area contributed by atoms with E-state index in [0.717, 1.165) is 34.0 Å². The normalized spacial score (nSPS) is 21.7. The van der Waals surface area contributed by atoms with Crippen LogP contribution in [0.25, 0.3) is 0 Å². The molecule has 0 radical (unpaired) electrons. The molecule has 1 aliphatic rings. The first-order valence-corrected chi connectivity index (χ1v) is 12.1. The number of Topliss-reactive ketones (excluding diaryl/α,β-unsaturated/α-hetero) is 1. The van der Waals surface area contributed by atoms with Crippen LogP contribution in [-0.2, 0) is 12.0 Å². The Morgan fingerprint density at radius 1 is 0.935 bits per heavy atom. The molecule has 4 rings (SSSR count). The predicted octanol–water partition coefficient (Wildman–Crippen LogP) is 5.85. The Kier molecular flexibility index (Phi) is 7.07. The molecule has 0 bridgehead atoms. The summed E-state index contributed by atoms with van der Waals surface area (Å²) in [5.74, 6) is -0.540. The Bertz CT molecular complexity index is 1020. The Morgan fingerprint density at radius 3 is 2.19 bits per heavy atom. The van der Waals surface area contributed by atoms with Gasteiger partial charge in [0.05, 0.1) is 5.92 Å². The van der Waals surface area contributed by atoms with Gasteiger partial charge in [0, 0.05) is 34.1 Å². The maximum Gasteiger partial charge on any atom is 0.170 e. The number of hydrogen-bond acceptors (Lipinski definition) is 3. The minimum atomic E-state index is -1.19. The number of carbonyl (C=O) groups is 1. The third-order valence-corrected chi connectivity index (χ3v) is 7.23. The largest absolute Gasteiger partial charge is 0.384 e. The van der Waals surface area contributed by atoms with Gasteiger partial charge >= 0.3 is 0 Å². The van der Waals surface area contributed by atoms with Gasteiger partial charge in [0.1, 0.15) is 5.60 Å². The van der Waals surface area contributed by atoms with Gasteiger partial charge in [-0.05, 0) is 48.2 Å². The molecule has 3 aromatic carbocycles. The highest BCUT2D eigenvalue weighted by Gasteiger charge is 2.46. The van der Waals surface area contributed by atoms with E-state index in [2.05, 4.69) is 61.0 Å². The molecule has 1 fully saturated rings. The summed E-state index contributed by atoms with van der Waals surface area (Å²) in [5.41, 5.74) is 1.53. The van der Waals surface area contributed by atoms with Crippen LogP contribution in [0.4, 0.5) is 0 Å². The van der Waals surface area contributed by atoms with Crippen molar-refractivity contribution in [1.82, 2.24) is 4.90 Å². The lowest BCUT2D eigenvalue weighted by atomic mass is 9.72. The average Bonchev–Trinajstić information content (AvgIpc) is 2.79. The summed E-state index contributed by atoms with van der Waals surface area (Å²) >= 11 is 6.90. The van der Waals surface area contributed by atoms with Gasteiger partial charge in [-0.3, -0.25) is 4.79 Å². The van der Waals surface area contributed by atoms with Crippen molar-refractivity contribution in [3.8, 4) is 0 Å². The van der Waals surface area contributed by atoms with Crippen LogP contribution in [0, 0.1) is 5.92 Å². The zero-order chi connectivity index (χ0) is 21.8. The summed E-state index contributed by atoms with van der Waals surface area (Å²) < 4.78 is 1.89. The average molecular weight is 543 g/mol. The van der Waals surface area contributed by atoms with Gasteiger partial charge < -0.3 is 10.0 Å². The highest BCUT2D eigenvalue weighted by atomic mass is 79.9. The van der Waals surface area contributed by atoms with E-state index in [1.165, 1.54) is 5.56 Å². The molecule has 5 heteroatoms. The molecule has 31 heavy (non-hydrogen) atoms. The fourth-order valence-corrected chi connectivity index (χ4v) is 4.87. The van der Waals surface area contributed by atoms with Gasteiger partial charge in [0.25, 0.3) is 0 Å². The Hall–Kier alpha value is -1.79. The topological polar surface area (TPSA) is 40.5 Å². The number of carbonyl (C=O) groups excluding carboxylic acids is 1. The fourth-order valence-electron chi connectivity index (χ4n) is 4.34. The van der Waals surface area contributed by atoms with Gasteiger partial charge in [0.15, 0.2) is 5.78 Å². The highest BCUT2D eigenvalue weighted by Crippen LogP contribution is 2.40. The quantitative estimate of drug-likeness (QED) is 0.397. The molecule has 0 saturated carbocycles. The van der Waals surface area contributed by atoms with Crippen LogP contribution >= 0.6 is 31.9 Å². The van der Waals surface area contributed by atoms with E-state index in [0.29, 0.717) is 18.5 Å². The van der Waals surface area contributed by atoms with Crippen molar-refractivity contribution in [3.63, 3.8) is 0 Å². The number of likely N-dealkylation sites (tertiary alicyclic amines) is 1. The Balaban J connectivity index is 1.60. The first kappa shape index (κ1) is 22.4. The Morgan fingerprint density at radius 2 is 1.55 bits per heavy atom. The van der Waals surface area contributed by atoms with Gasteiger partial charge in [-0.1, -0.05) is 86.5 Å². The molecule has 3 aromatic rings. The van der Waals surface area contributed by atoms with E-state index in [1.807, 2.05) is 54.6 Å². The first-order chi connectivity index (χ1) is 15.0. The molecule has 1 aliphatic heterocycles. The SMILES string of the molecule is O=C(c1ccc(Br)cc1)C1CN(CCc2ccccc2)CCC1(O)c1ccc(Br)cc1. The third kappa shape index (κ3) is 5.17. The molecule has 0 aliphatic carbocycles. The lowest BCUT2D eigenvalue weighted by molar-refractivity contribution is -0.0639. The number of benzene rings is 3. The second kappa shape index (κ2) is 9.78. The molecule has 2 unspecified atom stereocenters. The maximum atomic E-state index is 13.6. The van der Waals surface area contributed by atoms with Crippen molar-refractivity contribution in [2.45, 2.75) is 18.4 Å². The molecule has 0 aromatic heterocycles. The van der Waals surface area contributed by atoms with E-state index < -0.39 is 11.5 Å². The molecule has 0 amide bonds. The molecule has 1 saturated heterocycles. The second-order valence-corrected chi connectivity index (χ2v) is 9.97. The summed E-state index contributed by atoms with van der Waals surface area (Å²) in [5, 5.41) is 11.8. The van der Waals surface area contributed by atoms with Crippen molar-refractivity contribution in [2.75, 3.05) is 19.6 Å². The number of halogens is 2. The van der Waals surface area contributed by atoms with Crippen molar-refractivity contribution in [1.29, 1.82) is 0 Å². The molecular weight excluding hydrogens is 518 g/mol. The zero-order valence-electron chi connectivity index (χ0n) is 17.2. The Labute approximate surface area is 200 Å². The fraction of sp³-hybridized carbons (Fsp3) is 0.269. The predicted molar refractivity (Wildman–Crippen MR) is 131 cm³/mol. The highest BCUT2D eigenvalue weighted by molar-refractivity contribution is 9.10. The van der Waals surface area contributed by atoms with Gasteiger partial charge in [-0.15, -0.1) is 0 Å². The van der Waals surface area contributed by atoms with Gasteiger partial charge in [0.2, 0.25) is 0 Å². The second-order valence-electron chi connectivity index (χ2n) is 8.14. The number of piperidine rings is 1. The number of aliphatic hydroxyl groups is 1. The third-order valence-electron chi connectivity index (χ3n) is 6.18. The van der Waals surface area contributed by atoms with Crippen molar-refractivity contribution >= 4 is 37.6 Å². The molecular formula is C26H25Br2NO2. The minimum absolute atomic E-state index is 0.0117. The monoisotopic (exact) mass is 541 g/mol. The number of nitrogens with zero attached hydrogens (tertiary/aromatic N) is 1.